The molecule has 0 saturated heterocycles. The molecule has 0 fully saturated rings. The molecule has 0 amide bonds. The third-order valence-corrected chi connectivity index (χ3v) is 10.6. The monoisotopic (exact) mass is 620 g/mol. The first-order valence-electron chi connectivity index (χ1n) is 16.9. The van der Waals surface area contributed by atoms with Gasteiger partial charge in [-0.05, 0) is 130 Å². The van der Waals surface area contributed by atoms with Crippen molar-refractivity contribution in [2.75, 3.05) is 0 Å². The Morgan fingerprint density at radius 1 is 0.265 bits per heavy atom. The van der Waals surface area contributed by atoms with Crippen LogP contribution in [0.3, 0.4) is 0 Å². The third-order valence-electron chi connectivity index (χ3n) is 10.6. The molecule has 1 heterocycles. The zero-order valence-electron chi connectivity index (χ0n) is 26.6. The second kappa shape index (κ2) is 10.0. The Kier molecular flexibility index (Phi) is 5.45. The van der Waals surface area contributed by atoms with Gasteiger partial charge in [0, 0.05) is 10.9 Å². The molecule has 10 aromatic rings. The van der Waals surface area contributed by atoms with E-state index in [4.69, 9.17) is 4.74 Å². The number of rotatable bonds is 3. The van der Waals surface area contributed by atoms with E-state index >= 15 is 0 Å². The van der Waals surface area contributed by atoms with Crippen molar-refractivity contribution >= 4 is 53.9 Å². The van der Waals surface area contributed by atoms with Crippen molar-refractivity contribution in [1.29, 1.82) is 0 Å². The minimum absolute atomic E-state index is 0.891. The lowest BCUT2D eigenvalue weighted by Gasteiger charge is -2.23. The highest BCUT2D eigenvalue weighted by Crippen LogP contribution is 2.50. The Bertz CT molecular complexity index is 2940. The van der Waals surface area contributed by atoms with Crippen LogP contribution < -0.4 is 4.74 Å². The van der Waals surface area contributed by atoms with Gasteiger partial charge < -0.3 is 4.74 Å². The summed E-state index contributed by atoms with van der Waals surface area (Å²) in [7, 11) is 0. The van der Waals surface area contributed by atoms with E-state index in [1.54, 1.807) is 0 Å². The topological polar surface area (TPSA) is 9.23 Å². The fourth-order valence-corrected chi connectivity index (χ4v) is 8.29. The molecular formula is C48H28O. The van der Waals surface area contributed by atoms with E-state index in [0.29, 0.717) is 0 Å². The minimum Gasteiger partial charge on any atom is -0.456 e. The van der Waals surface area contributed by atoms with Gasteiger partial charge in [-0.2, -0.15) is 0 Å². The van der Waals surface area contributed by atoms with Crippen LogP contribution in [0.2, 0.25) is 0 Å². The van der Waals surface area contributed by atoms with Crippen LogP contribution >= 0.6 is 0 Å². The van der Waals surface area contributed by atoms with Gasteiger partial charge in [0.2, 0.25) is 0 Å². The number of fused-ring (bicyclic) bond motifs is 4. The lowest BCUT2D eigenvalue weighted by atomic mass is 9.87. The summed E-state index contributed by atoms with van der Waals surface area (Å²) < 4.78 is 6.71. The summed E-state index contributed by atoms with van der Waals surface area (Å²) in [5.41, 5.74) is 9.49. The maximum Gasteiger partial charge on any atom is 0.135 e. The molecular weight excluding hydrogens is 593 g/mol. The predicted molar refractivity (Wildman–Crippen MR) is 207 cm³/mol. The molecule has 49 heavy (non-hydrogen) atoms. The number of ether oxygens (including phenoxy) is 1. The van der Waals surface area contributed by atoms with Crippen LogP contribution in [-0.4, -0.2) is 0 Å². The van der Waals surface area contributed by atoms with Crippen molar-refractivity contribution in [3.63, 3.8) is 0 Å². The van der Waals surface area contributed by atoms with Crippen molar-refractivity contribution in [2.24, 2.45) is 0 Å². The molecule has 0 aliphatic carbocycles. The van der Waals surface area contributed by atoms with Crippen LogP contribution in [0, 0.1) is 0 Å². The van der Waals surface area contributed by atoms with Crippen LogP contribution in [0.4, 0.5) is 0 Å². The Balaban J connectivity index is 1.13. The molecule has 1 aliphatic heterocycles. The van der Waals surface area contributed by atoms with Crippen molar-refractivity contribution in [1.82, 2.24) is 0 Å². The van der Waals surface area contributed by atoms with Crippen LogP contribution in [0.5, 0.6) is 11.5 Å². The highest BCUT2D eigenvalue weighted by molar-refractivity contribution is 6.25. The Hall–Kier alpha value is -6.44. The lowest BCUT2D eigenvalue weighted by molar-refractivity contribution is 0.487. The standard InChI is InChI=1S/C48H28O/c1-2-8-29(9-3-1)35-24-36(26-37(25-35)39-21-18-32-17-16-30-11-6-12-31-19-23-42(39)47(32)46(30)31)33-20-22-40-43-27-34-10-4-5-13-38(34)41-14-7-15-44(48(41)43)49-45(40)28-33/h1-28H. The van der Waals surface area contributed by atoms with Gasteiger partial charge in [-0.1, -0.05) is 127 Å². The molecule has 0 bridgehead atoms. The normalized spacial score (nSPS) is 12.2. The fourth-order valence-electron chi connectivity index (χ4n) is 8.29. The van der Waals surface area contributed by atoms with Crippen LogP contribution in [0.1, 0.15) is 0 Å². The van der Waals surface area contributed by atoms with Gasteiger partial charge in [0.05, 0.1) is 0 Å². The average Bonchev–Trinajstić information content (AvgIpc) is 3.17. The predicted octanol–water partition coefficient (Wildman–Crippen LogP) is 13.7. The maximum atomic E-state index is 6.71. The maximum absolute atomic E-state index is 6.71. The smallest absolute Gasteiger partial charge is 0.135 e. The molecule has 0 spiro atoms. The van der Waals surface area contributed by atoms with Crippen molar-refractivity contribution < 1.29 is 4.74 Å². The van der Waals surface area contributed by atoms with E-state index in [1.165, 1.54) is 81.7 Å². The molecule has 1 heteroatoms. The van der Waals surface area contributed by atoms with Gasteiger partial charge in [0.15, 0.2) is 0 Å². The van der Waals surface area contributed by atoms with E-state index in [0.717, 1.165) is 28.2 Å². The molecule has 0 unspecified atom stereocenters. The zero-order valence-corrected chi connectivity index (χ0v) is 26.6. The minimum atomic E-state index is 0.891. The summed E-state index contributed by atoms with van der Waals surface area (Å²) >= 11 is 0. The molecule has 1 aliphatic rings. The third kappa shape index (κ3) is 3.94. The van der Waals surface area contributed by atoms with Gasteiger partial charge in [-0.3, -0.25) is 0 Å². The summed E-state index contributed by atoms with van der Waals surface area (Å²) in [6.45, 7) is 0. The average molecular weight is 621 g/mol. The van der Waals surface area contributed by atoms with E-state index in [2.05, 4.69) is 170 Å². The lowest BCUT2D eigenvalue weighted by Crippen LogP contribution is -1.98. The number of hydrogen-bond acceptors (Lipinski definition) is 1. The van der Waals surface area contributed by atoms with Gasteiger partial charge in [-0.15, -0.1) is 0 Å². The first-order chi connectivity index (χ1) is 24.3. The Morgan fingerprint density at radius 2 is 0.918 bits per heavy atom. The number of hydrogen-bond donors (Lipinski definition) is 0. The van der Waals surface area contributed by atoms with Crippen LogP contribution in [-0.2, 0) is 0 Å². The highest BCUT2D eigenvalue weighted by atomic mass is 16.5. The number of benzene rings is 10. The quantitative estimate of drug-likeness (QED) is 0.179. The Labute approximate surface area is 283 Å². The summed E-state index contributed by atoms with van der Waals surface area (Å²) in [5, 5.41) is 12.7. The molecule has 0 atom stereocenters. The SMILES string of the molecule is c1ccc(-c2cc(-c3ccc4c(c3)Oc3cccc5c3c-4cc3ccccc35)cc(-c3ccc4ccc5cccc6ccc3c4c56)c2)cc1. The van der Waals surface area contributed by atoms with E-state index in [9.17, 15) is 0 Å². The van der Waals surface area contributed by atoms with Crippen LogP contribution in [0.15, 0.2) is 170 Å². The molecule has 10 aromatic carbocycles. The largest absolute Gasteiger partial charge is 0.456 e. The van der Waals surface area contributed by atoms with Gasteiger partial charge >= 0.3 is 0 Å². The van der Waals surface area contributed by atoms with Crippen molar-refractivity contribution in [3.8, 4) is 56.0 Å². The van der Waals surface area contributed by atoms with Crippen molar-refractivity contribution in [2.45, 2.75) is 0 Å². The van der Waals surface area contributed by atoms with Crippen LogP contribution in [0.25, 0.3) is 98.4 Å². The van der Waals surface area contributed by atoms with Gasteiger partial charge in [0.25, 0.3) is 0 Å². The van der Waals surface area contributed by atoms with E-state index < -0.39 is 0 Å². The molecule has 226 valence electrons. The van der Waals surface area contributed by atoms with E-state index in [1.807, 2.05) is 0 Å². The van der Waals surface area contributed by atoms with E-state index in [-0.39, 0.29) is 0 Å². The highest BCUT2D eigenvalue weighted by Gasteiger charge is 2.22. The molecule has 11 rings (SSSR count). The van der Waals surface area contributed by atoms with Crippen molar-refractivity contribution in [3.05, 3.63) is 170 Å². The Morgan fingerprint density at radius 3 is 1.80 bits per heavy atom. The summed E-state index contributed by atoms with van der Waals surface area (Å²) in [6.07, 6.45) is 0. The summed E-state index contributed by atoms with van der Waals surface area (Å²) in [5.74, 6) is 1.80. The zero-order chi connectivity index (χ0) is 32.1. The first-order valence-corrected chi connectivity index (χ1v) is 16.9. The summed E-state index contributed by atoms with van der Waals surface area (Å²) in [4.78, 5) is 0. The molecule has 0 saturated carbocycles. The van der Waals surface area contributed by atoms with Gasteiger partial charge in [0.1, 0.15) is 11.5 Å². The first kappa shape index (κ1) is 26.6. The molecule has 0 N–H and O–H groups in total. The molecule has 0 radical (unpaired) electrons. The molecule has 1 nitrogen and oxygen atoms in total. The fraction of sp³-hybridized carbons (Fsp3) is 0. The second-order valence-electron chi connectivity index (χ2n) is 13.3. The second-order valence-corrected chi connectivity index (χ2v) is 13.3. The van der Waals surface area contributed by atoms with Gasteiger partial charge in [-0.25, -0.2) is 0 Å². The molecule has 0 aromatic heterocycles. The summed E-state index contributed by atoms with van der Waals surface area (Å²) in [6, 6.07) is 62.1.